The third kappa shape index (κ3) is 1.51. The summed E-state index contributed by atoms with van der Waals surface area (Å²) in [6.07, 6.45) is 1.51. The minimum Gasteiger partial charge on any atom is -0.393 e. The first-order valence-corrected chi connectivity index (χ1v) is 9.56. The number of Topliss-reactive ketones (excluding diaryl/α,β-unsaturated/α-hetero) is 1. The lowest BCUT2D eigenvalue weighted by molar-refractivity contribution is -0.423. The fourth-order valence-corrected chi connectivity index (χ4v) is 7.70. The number of hydrogen-bond donors (Lipinski definition) is 3. The second kappa shape index (κ2) is 4.38. The van der Waals surface area contributed by atoms with Gasteiger partial charge in [-0.15, -0.1) is 0 Å². The van der Waals surface area contributed by atoms with E-state index < -0.39 is 34.7 Å². The van der Waals surface area contributed by atoms with Gasteiger partial charge in [0.2, 0.25) is 0 Å². The zero-order chi connectivity index (χ0) is 18.0. The first-order valence-electron chi connectivity index (χ1n) is 9.56. The smallest absolute Gasteiger partial charge is 0.179 e. The van der Waals surface area contributed by atoms with Crippen LogP contribution in [0.15, 0.2) is 12.2 Å². The highest BCUT2D eigenvalue weighted by Gasteiger charge is 2.82. The van der Waals surface area contributed by atoms with Crippen molar-refractivity contribution in [2.45, 2.75) is 63.9 Å². The van der Waals surface area contributed by atoms with Crippen molar-refractivity contribution in [3.8, 4) is 0 Å². The summed E-state index contributed by atoms with van der Waals surface area (Å²) >= 11 is 0. The second-order valence-electron chi connectivity index (χ2n) is 9.99. The van der Waals surface area contributed by atoms with Crippen LogP contribution in [0.25, 0.3) is 0 Å². The molecule has 4 saturated carbocycles. The van der Waals surface area contributed by atoms with Crippen LogP contribution < -0.4 is 0 Å². The molecule has 0 radical (unpaired) electrons. The Morgan fingerprint density at radius 1 is 1.24 bits per heavy atom. The van der Waals surface area contributed by atoms with E-state index in [1.807, 2.05) is 0 Å². The van der Waals surface area contributed by atoms with E-state index in [2.05, 4.69) is 20.4 Å². The first kappa shape index (κ1) is 16.4. The Kier molecular flexibility index (Phi) is 2.88. The van der Waals surface area contributed by atoms with Crippen LogP contribution in [-0.4, -0.2) is 45.7 Å². The third-order valence-electron chi connectivity index (χ3n) is 8.79. The van der Waals surface area contributed by atoms with Crippen LogP contribution in [-0.2, 0) is 9.53 Å². The molecule has 25 heavy (non-hydrogen) atoms. The largest absolute Gasteiger partial charge is 0.393 e. The number of carbonyl (C=O) groups excluding carboxylic acids is 1. The molecule has 6 rings (SSSR count). The number of ether oxygens (including phenoxy) is 1. The van der Waals surface area contributed by atoms with Gasteiger partial charge in [0.15, 0.2) is 11.6 Å². The van der Waals surface area contributed by atoms with Gasteiger partial charge in [0.05, 0.1) is 24.2 Å². The number of hydrogen-bond acceptors (Lipinski definition) is 5. The predicted molar refractivity (Wildman–Crippen MR) is 89.3 cm³/mol. The van der Waals surface area contributed by atoms with Crippen molar-refractivity contribution in [3.63, 3.8) is 0 Å². The molecule has 6 fully saturated rings. The van der Waals surface area contributed by atoms with Gasteiger partial charge in [-0.3, -0.25) is 4.79 Å². The maximum absolute atomic E-state index is 13.3. The summed E-state index contributed by atoms with van der Waals surface area (Å²) in [5, 5.41) is 33.8. The first-order chi connectivity index (χ1) is 11.6. The molecule has 5 nitrogen and oxygen atoms in total. The normalized spacial score (nSPS) is 58.8. The molecule has 0 unspecified atom stereocenters. The average molecular weight is 348 g/mol. The van der Waals surface area contributed by atoms with E-state index in [0.717, 1.165) is 6.42 Å². The molecule has 0 aromatic heterocycles. The highest BCUT2D eigenvalue weighted by Crippen LogP contribution is 2.76. The van der Waals surface area contributed by atoms with Crippen molar-refractivity contribution < 1.29 is 24.9 Å². The van der Waals surface area contributed by atoms with E-state index in [1.165, 1.54) is 0 Å². The molecule has 0 amide bonds. The lowest BCUT2D eigenvalue weighted by atomic mass is 9.36. The van der Waals surface area contributed by atoms with Crippen LogP contribution in [0.2, 0.25) is 0 Å². The van der Waals surface area contributed by atoms with Gasteiger partial charge in [0.1, 0.15) is 0 Å². The van der Waals surface area contributed by atoms with Crippen molar-refractivity contribution in [3.05, 3.63) is 12.2 Å². The summed E-state index contributed by atoms with van der Waals surface area (Å²) in [7, 11) is 0. The number of aliphatic hydroxyl groups is 3. The summed E-state index contributed by atoms with van der Waals surface area (Å²) < 4.78 is 5.97. The maximum Gasteiger partial charge on any atom is 0.179 e. The summed E-state index contributed by atoms with van der Waals surface area (Å²) in [5.41, 5.74) is -1.37. The van der Waals surface area contributed by atoms with Crippen LogP contribution in [0.1, 0.15) is 46.0 Å². The van der Waals surface area contributed by atoms with Gasteiger partial charge in [-0.1, -0.05) is 20.4 Å². The van der Waals surface area contributed by atoms with Crippen LogP contribution in [0.3, 0.4) is 0 Å². The van der Waals surface area contributed by atoms with Crippen LogP contribution in [0.4, 0.5) is 0 Å². The Labute approximate surface area is 148 Å². The van der Waals surface area contributed by atoms with Gasteiger partial charge in [-0.25, -0.2) is 0 Å². The number of carbonyl (C=O) groups is 1. The van der Waals surface area contributed by atoms with E-state index in [1.54, 1.807) is 0 Å². The predicted octanol–water partition coefficient (Wildman–Crippen LogP) is 1.40. The molecular weight excluding hydrogens is 320 g/mol. The van der Waals surface area contributed by atoms with E-state index in [9.17, 15) is 20.1 Å². The molecule has 6 aliphatic rings. The number of aliphatic hydroxyl groups excluding tert-OH is 2. The Morgan fingerprint density at radius 3 is 2.68 bits per heavy atom. The fourth-order valence-electron chi connectivity index (χ4n) is 7.70. The van der Waals surface area contributed by atoms with Gasteiger partial charge in [-0.05, 0) is 48.5 Å². The van der Waals surface area contributed by atoms with Crippen LogP contribution in [0.5, 0.6) is 0 Å². The van der Waals surface area contributed by atoms with E-state index in [4.69, 9.17) is 4.74 Å². The quantitative estimate of drug-likeness (QED) is 0.576. The van der Waals surface area contributed by atoms with Gasteiger partial charge in [-0.2, -0.15) is 0 Å². The zero-order valence-electron chi connectivity index (χ0n) is 15.0. The molecular formula is C20H28O5. The molecule has 8 atom stereocenters. The molecule has 0 aromatic rings. The van der Waals surface area contributed by atoms with Crippen molar-refractivity contribution in [1.82, 2.24) is 0 Å². The Bertz CT molecular complexity index is 686. The van der Waals surface area contributed by atoms with Crippen molar-refractivity contribution in [1.29, 1.82) is 0 Å². The van der Waals surface area contributed by atoms with Crippen molar-refractivity contribution in [2.24, 2.45) is 34.0 Å². The fraction of sp³-hybridized carbons (Fsp3) is 0.850. The van der Waals surface area contributed by atoms with Gasteiger partial charge < -0.3 is 20.1 Å². The number of ketones is 1. The number of rotatable bonds is 0. The SMILES string of the molecule is C=C1C(=O)[C@]23C[C@H]1C[C@H](O)[C@H]2[C@@]12CO[C@]3(O)C[C@@H]1C(C)(C)CC[C@@H]2O. The molecule has 3 N–H and O–H groups in total. The lowest BCUT2D eigenvalue weighted by Gasteiger charge is -2.73. The monoisotopic (exact) mass is 348 g/mol. The summed E-state index contributed by atoms with van der Waals surface area (Å²) in [5.74, 6) is -2.24. The molecule has 4 aliphatic carbocycles. The maximum atomic E-state index is 13.3. The third-order valence-corrected chi connectivity index (χ3v) is 8.79. The minimum absolute atomic E-state index is 0.0194. The Hall–Kier alpha value is -0.750. The molecule has 138 valence electrons. The molecule has 0 aromatic carbocycles. The summed E-state index contributed by atoms with van der Waals surface area (Å²) in [6.45, 7) is 8.54. The average Bonchev–Trinajstić information content (AvgIpc) is 2.75. The lowest BCUT2D eigenvalue weighted by Crippen LogP contribution is -2.80. The molecule has 2 heterocycles. The van der Waals surface area contributed by atoms with E-state index >= 15 is 0 Å². The molecule has 4 bridgehead atoms. The molecule has 2 saturated heterocycles. The molecule has 2 spiro atoms. The van der Waals surface area contributed by atoms with Crippen LogP contribution >= 0.6 is 0 Å². The van der Waals surface area contributed by atoms with Gasteiger partial charge in [0.25, 0.3) is 0 Å². The highest BCUT2D eigenvalue weighted by atomic mass is 16.6. The van der Waals surface area contributed by atoms with E-state index in [-0.39, 0.29) is 29.6 Å². The van der Waals surface area contributed by atoms with Crippen molar-refractivity contribution >= 4 is 5.78 Å². The number of fused-ring (bicyclic) bond motifs is 2. The highest BCUT2D eigenvalue weighted by molar-refractivity contribution is 6.04. The topological polar surface area (TPSA) is 87.0 Å². The van der Waals surface area contributed by atoms with E-state index in [0.29, 0.717) is 31.3 Å². The minimum atomic E-state index is -1.56. The zero-order valence-corrected chi connectivity index (χ0v) is 15.0. The second-order valence-corrected chi connectivity index (χ2v) is 9.99. The molecule has 5 heteroatoms. The van der Waals surface area contributed by atoms with Crippen molar-refractivity contribution in [2.75, 3.05) is 6.61 Å². The summed E-state index contributed by atoms with van der Waals surface area (Å²) in [4.78, 5) is 13.3. The number of allylic oxidation sites excluding steroid dienone is 1. The Balaban J connectivity index is 1.78. The summed E-state index contributed by atoms with van der Waals surface area (Å²) in [6, 6.07) is 0. The van der Waals surface area contributed by atoms with Gasteiger partial charge >= 0.3 is 0 Å². The van der Waals surface area contributed by atoms with Crippen LogP contribution in [0, 0.1) is 34.0 Å². The Morgan fingerprint density at radius 2 is 1.96 bits per heavy atom. The molecule has 2 aliphatic heterocycles. The van der Waals surface area contributed by atoms with Gasteiger partial charge in [0, 0.05) is 17.8 Å². The standard InChI is InChI=1S/C20H28O5/c1-10-11-6-12(21)15-18-9-25-20(24,19(15,7-11)16(10)23)8-13(18)17(2,3)5-4-14(18)22/h11-15,21-22,24H,1,4-9H2,2-3H3/t11-,12+,13-,14+,15+,18+,19+,20-/m1/s1.